The van der Waals surface area contributed by atoms with Gasteiger partial charge in [-0.05, 0) is 65.2 Å². The molecule has 1 aliphatic heterocycles. The van der Waals surface area contributed by atoms with Gasteiger partial charge in [0, 0.05) is 24.3 Å². The van der Waals surface area contributed by atoms with Crippen LogP contribution < -0.4 is 10.2 Å². The van der Waals surface area contributed by atoms with Gasteiger partial charge in [-0.25, -0.2) is 0 Å². The van der Waals surface area contributed by atoms with Crippen LogP contribution in [0.4, 0.5) is 11.5 Å². The lowest BCUT2D eigenvalue weighted by Crippen LogP contribution is -2.25. The van der Waals surface area contributed by atoms with E-state index < -0.39 is 0 Å². The lowest BCUT2D eigenvalue weighted by atomic mass is 10.1. The van der Waals surface area contributed by atoms with Crippen LogP contribution >= 0.6 is 15.9 Å². The van der Waals surface area contributed by atoms with Gasteiger partial charge >= 0.3 is 0 Å². The van der Waals surface area contributed by atoms with Crippen LogP contribution in [0, 0.1) is 0 Å². The molecule has 3 heterocycles. The number of nitrogens with one attached hydrogen (secondary N) is 1. The summed E-state index contributed by atoms with van der Waals surface area (Å²) >= 11 is 3.19. The average molecular weight is 441 g/mol. The van der Waals surface area contributed by atoms with E-state index in [0.717, 1.165) is 30.2 Å². The highest BCUT2D eigenvalue weighted by Crippen LogP contribution is 2.23. The third kappa shape index (κ3) is 4.42. The fourth-order valence-electron chi connectivity index (χ4n) is 3.30. The van der Waals surface area contributed by atoms with Crippen molar-refractivity contribution in [2.24, 2.45) is 0 Å². The Labute approximate surface area is 172 Å². The molecular weight excluding hydrogens is 420 g/mol. The fourth-order valence-corrected chi connectivity index (χ4v) is 3.61. The maximum atomic E-state index is 12.1. The molecule has 4 rings (SSSR count). The highest BCUT2D eigenvalue weighted by molar-refractivity contribution is 9.10. The van der Waals surface area contributed by atoms with Gasteiger partial charge in [-0.1, -0.05) is 25.0 Å². The number of hydrogen-bond acceptors (Lipinski definition) is 5. The number of nitrogens with zero attached hydrogens (tertiary/aromatic N) is 3. The Morgan fingerprint density at radius 3 is 2.29 bits per heavy atom. The number of halogens is 1. The van der Waals surface area contributed by atoms with Crippen molar-refractivity contribution in [1.29, 1.82) is 0 Å². The quantitative estimate of drug-likeness (QED) is 0.608. The molecule has 1 amide bonds. The summed E-state index contributed by atoms with van der Waals surface area (Å²) in [6, 6.07) is 14.9. The minimum atomic E-state index is -0.292. The van der Waals surface area contributed by atoms with Gasteiger partial charge in [0.15, 0.2) is 16.2 Å². The third-order valence-electron chi connectivity index (χ3n) is 4.82. The highest BCUT2D eigenvalue weighted by Gasteiger charge is 2.13. The second kappa shape index (κ2) is 8.56. The van der Waals surface area contributed by atoms with Crippen molar-refractivity contribution >= 4 is 33.3 Å². The van der Waals surface area contributed by atoms with E-state index in [9.17, 15) is 4.79 Å². The van der Waals surface area contributed by atoms with Crippen molar-refractivity contribution in [3.63, 3.8) is 0 Å². The number of benzene rings is 1. The fraction of sp³-hybridized carbons (Fsp3) is 0.286. The van der Waals surface area contributed by atoms with Gasteiger partial charge in [0.2, 0.25) is 0 Å². The Morgan fingerprint density at radius 1 is 0.929 bits per heavy atom. The van der Waals surface area contributed by atoms with Gasteiger partial charge in [-0.2, -0.15) is 0 Å². The van der Waals surface area contributed by atoms with E-state index in [1.807, 2.05) is 36.4 Å². The molecule has 0 aliphatic carbocycles. The molecule has 144 valence electrons. The zero-order valence-corrected chi connectivity index (χ0v) is 17.0. The topological polar surface area (TPSA) is 71.3 Å². The third-order valence-corrected chi connectivity index (χ3v) is 5.24. The number of carbonyl (C=O) groups is 1. The van der Waals surface area contributed by atoms with Gasteiger partial charge in [-0.15, -0.1) is 10.2 Å². The van der Waals surface area contributed by atoms with Gasteiger partial charge < -0.3 is 14.6 Å². The molecule has 1 N–H and O–H groups in total. The van der Waals surface area contributed by atoms with Crippen molar-refractivity contribution in [3.8, 4) is 11.3 Å². The van der Waals surface area contributed by atoms with Crippen LogP contribution in [0.3, 0.4) is 0 Å². The molecule has 0 atom stereocenters. The van der Waals surface area contributed by atoms with Crippen LogP contribution in [0.15, 0.2) is 57.6 Å². The van der Waals surface area contributed by atoms with Crippen LogP contribution in [0.1, 0.15) is 36.2 Å². The van der Waals surface area contributed by atoms with E-state index in [1.54, 1.807) is 12.1 Å². The number of rotatable bonds is 4. The zero-order valence-electron chi connectivity index (χ0n) is 15.4. The van der Waals surface area contributed by atoms with Crippen molar-refractivity contribution in [1.82, 2.24) is 10.2 Å². The Balaban J connectivity index is 1.42. The molecule has 7 heteroatoms. The summed E-state index contributed by atoms with van der Waals surface area (Å²) in [6.45, 7) is 2.10. The molecule has 3 aromatic rings. The second-order valence-electron chi connectivity index (χ2n) is 6.81. The molecule has 6 nitrogen and oxygen atoms in total. The summed E-state index contributed by atoms with van der Waals surface area (Å²) in [5, 5.41) is 11.6. The number of amides is 1. The molecule has 0 spiro atoms. The second-order valence-corrected chi connectivity index (χ2v) is 7.59. The van der Waals surface area contributed by atoms with Crippen molar-refractivity contribution in [3.05, 3.63) is 59.0 Å². The maximum Gasteiger partial charge on any atom is 0.291 e. The zero-order chi connectivity index (χ0) is 19.3. The molecule has 0 unspecified atom stereocenters. The smallest absolute Gasteiger partial charge is 0.291 e. The van der Waals surface area contributed by atoms with Crippen LogP contribution in [0.25, 0.3) is 11.3 Å². The Hall–Kier alpha value is -2.67. The molecule has 0 saturated carbocycles. The van der Waals surface area contributed by atoms with Crippen molar-refractivity contribution in [2.75, 3.05) is 23.3 Å². The van der Waals surface area contributed by atoms with Gasteiger partial charge in [0.05, 0.1) is 5.69 Å². The SMILES string of the molecule is O=C(Nc1ccc(-c2ccc(N3CCCCCC3)nn2)cc1)c1ccc(Br)o1. The van der Waals surface area contributed by atoms with E-state index in [1.165, 1.54) is 25.7 Å². The standard InChI is InChI=1S/C21H21BrN4O2/c22-19-11-10-18(28-19)21(27)23-16-7-5-15(6-8-16)17-9-12-20(25-24-17)26-13-3-1-2-4-14-26/h5-12H,1-4,13-14H2,(H,23,27). The molecule has 1 fully saturated rings. The van der Waals surface area contributed by atoms with E-state index in [2.05, 4.69) is 36.3 Å². The molecule has 2 aromatic heterocycles. The summed E-state index contributed by atoms with van der Waals surface area (Å²) in [5.74, 6) is 0.908. The van der Waals surface area contributed by atoms with Gasteiger partial charge in [0.25, 0.3) is 5.91 Å². The summed E-state index contributed by atoms with van der Waals surface area (Å²) < 4.78 is 5.79. The first-order chi connectivity index (χ1) is 13.7. The van der Waals surface area contributed by atoms with Crippen LogP contribution in [0.5, 0.6) is 0 Å². The Morgan fingerprint density at radius 2 is 1.68 bits per heavy atom. The number of anilines is 2. The van der Waals surface area contributed by atoms with E-state index in [4.69, 9.17) is 4.42 Å². The minimum Gasteiger partial charge on any atom is -0.444 e. The van der Waals surface area contributed by atoms with Gasteiger partial charge in [0.1, 0.15) is 0 Å². The molecule has 28 heavy (non-hydrogen) atoms. The maximum absolute atomic E-state index is 12.1. The lowest BCUT2D eigenvalue weighted by Gasteiger charge is -2.20. The molecular formula is C21H21BrN4O2. The summed E-state index contributed by atoms with van der Waals surface area (Å²) in [5.41, 5.74) is 2.45. The van der Waals surface area contributed by atoms with Crippen molar-refractivity contribution < 1.29 is 9.21 Å². The van der Waals surface area contributed by atoms with E-state index in [0.29, 0.717) is 10.4 Å². The largest absolute Gasteiger partial charge is 0.444 e. The molecule has 1 saturated heterocycles. The highest BCUT2D eigenvalue weighted by atomic mass is 79.9. The van der Waals surface area contributed by atoms with Crippen molar-refractivity contribution in [2.45, 2.75) is 25.7 Å². The molecule has 0 bridgehead atoms. The first-order valence-corrected chi connectivity index (χ1v) is 10.2. The first-order valence-electron chi connectivity index (χ1n) is 9.45. The molecule has 1 aromatic carbocycles. The number of hydrogen-bond donors (Lipinski definition) is 1. The van der Waals surface area contributed by atoms with Crippen LogP contribution in [0.2, 0.25) is 0 Å². The molecule has 1 aliphatic rings. The number of aromatic nitrogens is 2. The summed E-state index contributed by atoms with van der Waals surface area (Å²) in [6.07, 6.45) is 5.02. The predicted molar refractivity (Wildman–Crippen MR) is 113 cm³/mol. The Bertz CT molecular complexity index is 930. The Kier molecular flexibility index (Phi) is 5.71. The lowest BCUT2D eigenvalue weighted by molar-refractivity contribution is 0.0995. The normalized spacial score (nSPS) is 14.5. The van der Waals surface area contributed by atoms with Crippen LogP contribution in [-0.4, -0.2) is 29.2 Å². The summed E-state index contributed by atoms with van der Waals surface area (Å²) in [7, 11) is 0. The number of carbonyl (C=O) groups excluding carboxylic acids is 1. The van der Waals surface area contributed by atoms with E-state index >= 15 is 0 Å². The molecule has 0 radical (unpaired) electrons. The van der Waals surface area contributed by atoms with Gasteiger partial charge in [-0.3, -0.25) is 4.79 Å². The minimum absolute atomic E-state index is 0.255. The first kappa shape index (κ1) is 18.7. The summed E-state index contributed by atoms with van der Waals surface area (Å²) in [4.78, 5) is 14.5. The monoisotopic (exact) mass is 440 g/mol. The predicted octanol–water partition coefficient (Wildman–Crippen LogP) is 5.13. The van der Waals surface area contributed by atoms with Crippen LogP contribution in [-0.2, 0) is 0 Å². The van der Waals surface area contributed by atoms with E-state index in [-0.39, 0.29) is 11.7 Å². The number of furan rings is 1. The average Bonchev–Trinajstić information content (AvgIpc) is 2.99.